The summed E-state index contributed by atoms with van der Waals surface area (Å²) in [5, 5.41) is 9.33. The van der Waals surface area contributed by atoms with Crippen molar-refractivity contribution in [1.82, 2.24) is 0 Å². The van der Waals surface area contributed by atoms with Crippen molar-refractivity contribution in [3.05, 3.63) is 28.2 Å². The van der Waals surface area contributed by atoms with Crippen molar-refractivity contribution in [2.24, 2.45) is 17.8 Å². The smallest absolute Gasteiger partial charge is 0.337 e. The number of rotatable bonds is 4. The second kappa shape index (κ2) is 5.40. The first kappa shape index (κ1) is 13.9. The molecular weight excluding hydrogens is 318 g/mol. The SMILES string of the molecule is CN(CC1CC2CCC1C2)c1cc(Br)ccc1C(=O)O. The standard InChI is InChI=1S/C16H20BrNO2/c1-18(9-12-7-10-2-3-11(12)6-10)15-8-13(17)4-5-14(15)16(19)20/h4-5,8,10-12H,2-3,6-7,9H2,1H3,(H,19,20). The molecule has 4 heteroatoms. The molecule has 1 N–H and O–H groups in total. The zero-order valence-corrected chi connectivity index (χ0v) is 13.3. The molecule has 0 aromatic heterocycles. The lowest BCUT2D eigenvalue weighted by Crippen LogP contribution is -2.29. The summed E-state index contributed by atoms with van der Waals surface area (Å²) in [6, 6.07) is 5.38. The van der Waals surface area contributed by atoms with Gasteiger partial charge in [-0.3, -0.25) is 0 Å². The first-order valence-corrected chi connectivity index (χ1v) is 8.08. The molecule has 0 aliphatic heterocycles. The minimum atomic E-state index is -0.854. The fourth-order valence-corrected chi connectivity index (χ4v) is 4.40. The Hall–Kier alpha value is -1.03. The first-order chi connectivity index (χ1) is 9.54. The third-order valence-corrected chi connectivity index (χ3v) is 5.49. The van der Waals surface area contributed by atoms with Crippen LogP contribution >= 0.6 is 15.9 Å². The summed E-state index contributed by atoms with van der Waals surface area (Å²) >= 11 is 3.44. The highest BCUT2D eigenvalue weighted by Gasteiger charge is 2.39. The second-order valence-corrected chi connectivity index (χ2v) is 7.20. The molecule has 2 aliphatic rings. The van der Waals surface area contributed by atoms with E-state index in [2.05, 4.69) is 20.8 Å². The van der Waals surface area contributed by atoms with Gasteiger partial charge in [0.15, 0.2) is 0 Å². The van der Waals surface area contributed by atoms with Gasteiger partial charge in [0.05, 0.1) is 11.3 Å². The molecule has 0 saturated heterocycles. The molecular formula is C16H20BrNO2. The molecule has 108 valence electrons. The van der Waals surface area contributed by atoms with Crippen LogP contribution in [-0.4, -0.2) is 24.7 Å². The van der Waals surface area contributed by atoms with E-state index in [0.717, 1.165) is 34.5 Å². The highest BCUT2D eigenvalue weighted by atomic mass is 79.9. The summed E-state index contributed by atoms with van der Waals surface area (Å²) in [6.07, 6.45) is 5.49. The number of anilines is 1. The Morgan fingerprint density at radius 3 is 2.80 bits per heavy atom. The Morgan fingerprint density at radius 2 is 2.20 bits per heavy atom. The summed E-state index contributed by atoms with van der Waals surface area (Å²) in [7, 11) is 2.01. The van der Waals surface area contributed by atoms with E-state index in [1.807, 2.05) is 13.1 Å². The average molecular weight is 338 g/mol. The van der Waals surface area contributed by atoms with Crippen molar-refractivity contribution < 1.29 is 9.90 Å². The number of aromatic carboxylic acids is 1. The molecule has 0 spiro atoms. The number of hydrogen-bond acceptors (Lipinski definition) is 2. The van der Waals surface area contributed by atoms with Gasteiger partial charge in [-0.1, -0.05) is 22.4 Å². The van der Waals surface area contributed by atoms with Crippen molar-refractivity contribution >= 4 is 27.6 Å². The van der Waals surface area contributed by atoms with Gasteiger partial charge in [-0.25, -0.2) is 4.79 Å². The number of nitrogens with zero attached hydrogens (tertiary/aromatic N) is 1. The molecule has 2 fully saturated rings. The van der Waals surface area contributed by atoms with E-state index >= 15 is 0 Å². The normalized spacial score (nSPS) is 27.8. The van der Waals surface area contributed by atoms with Crippen LogP contribution in [0.15, 0.2) is 22.7 Å². The molecule has 3 unspecified atom stereocenters. The Kier molecular flexibility index (Phi) is 3.76. The summed E-state index contributed by atoms with van der Waals surface area (Å²) in [4.78, 5) is 13.5. The van der Waals surface area contributed by atoms with Crippen LogP contribution in [0.1, 0.15) is 36.0 Å². The van der Waals surface area contributed by atoms with Gasteiger partial charge in [0.1, 0.15) is 0 Å². The predicted molar refractivity (Wildman–Crippen MR) is 83.3 cm³/mol. The maximum atomic E-state index is 11.4. The molecule has 0 heterocycles. The van der Waals surface area contributed by atoms with Crippen LogP contribution in [0.4, 0.5) is 5.69 Å². The zero-order chi connectivity index (χ0) is 14.3. The van der Waals surface area contributed by atoms with Crippen LogP contribution in [-0.2, 0) is 0 Å². The van der Waals surface area contributed by atoms with E-state index in [9.17, 15) is 9.90 Å². The molecule has 3 atom stereocenters. The molecule has 0 amide bonds. The van der Waals surface area contributed by atoms with E-state index in [4.69, 9.17) is 0 Å². The third kappa shape index (κ3) is 2.58. The Bertz CT molecular complexity index is 531. The summed E-state index contributed by atoms with van der Waals surface area (Å²) in [5.74, 6) is 1.68. The molecule has 0 radical (unpaired) electrons. The fraction of sp³-hybridized carbons (Fsp3) is 0.562. The van der Waals surface area contributed by atoms with Crippen LogP contribution < -0.4 is 4.90 Å². The van der Waals surface area contributed by atoms with Crippen molar-refractivity contribution in [2.45, 2.75) is 25.7 Å². The lowest BCUT2D eigenvalue weighted by Gasteiger charge is -2.29. The molecule has 3 nitrogen and oxygen atoms in total. The predicted octanol–water partition coefficient (Wildman–Crippen LogP) is 4.02. The fourth-order valence-electron chi connectivity index (χ4n) is 4.05. The number of fused-ring (bicyclic) bond motifs is 2. The van der Waals surface area contributed by atoms with Crippen molar-refractivity contribution in [2.75, 3.05) is 18.5 Å². The molecule has 1 aromatic carbocycles. The molecule has 3 rings (SSSR count). The Morgan fingerprint density at radius 1 is 1.40 bits per heavy atom. The topological polar surface area (TPSA) is 40.5 Å². The van der Waals surface area contributed by atoms with E-state index in [1.54, 1.807) is 12.1 Å². The minimum absolute atomic E-state index is 0.388. The van der Waals surface area contributed by atoms with E-state index < -0.39 is 5.97 Å². The average Bonchev–Trinajstić information content (AvgIpc) is 3.00. The Labute approximate surface area is 128 Å². The number of carboxylic acids is 1. The quantitative estimate of drug-likeness (QED) is 0.901. The van der Waals surface area contributed by atoms with Crippen molar-refractivity contribution in [3.63, 3.8) is 0 Å². The minimum Gasteiger partial charge on any atom is -0.478 e. The molecule has 2 saturated carbocycles. The van der Waals surface area contributed by atoms with Crippen LogP contribution in [0.3, 0.4) is 0 Å². The first-order valence-electron chi connectivity index (χ1n) is 7.28. The van der Waals surface area contributed by atoms with Crippen molar-refractivity contribution in [1.29, 1.82) is 0 Å². The van der Waals surface area contributed by atoms with Gasteiger partial charge in [-0.05, 0) is 55.2 Å². The summed E-state index contributed by atoms with van der Waals surface area (Å²) in [5.41, 5.74) is 1.20. The van der Waals surface area contributed by atoms with Crippen molar-refractivity contribution in [3.8, 4) is 0 Å². The summed E-state index contributed by atoms with van der Waals surface area (Å²) < 4.78 is 0.928. The maximum Gasteiger partial charge on any atom is 0.337 e. The Balaban J connectivity index is 1.78. The van der Waals surface area contributed by atoms with Gasteiger partial charge in [0.2, 0.25) is 0 Å². The highest BCUT2D eigenvalue weighted by Crippen LogP contribution is 2.48. The number of carboxylic acid groups (broad SMARTS) is 1. The highest BCUT2D eigenvalue weighted by molar-refractivity contribution is 9.10. The number of benzene rings is 1. The molecule has 2 aliphatic carbocycles. The van der Waals surface area contributed by atoms with Gasteiger partial charge >= 0.3 is 5.97 Å². The summed E-state index contributed by atoms with van der Waals surface area (Å²) in [6.45, 7) is 0.970. The van der Waals surface area contributed by atoms with Gasteiger partial charge in [-0.2, -0.15) is 0 Å². The third-order valence-electron chi connectivity index (χ3n) is 4.99. The van der Waals surface area contributed by atoms with Crippen LogP contribution in [0, 0.1) is 17.8 Å². The van der Waals surface area contributed by atoms with E-state index in [0.29, 0.717) is 5.56 Å². The number of hydrogen-bond donors (Lipinski definition) is 1. The molecule has 2 bridgehead atoms. The lowest BCUT2D eigenvalue weighted by atomic mass is 9.88. The van der Waals surface area contributed by atoms with E-state index in [1.165, 1.54) is 25.7 Å². The monoisotopic (exact) mass is 337 g/mol. The van der Waals surface area contributed by atoms with Gasteiger partial charge in [-0.15, -0.1) is 0 Å². The van der Waals surface area contributed by atoms with Gasteiger partial charge in [0, 0.05) is 18.1 Å². The molecule has 20 heavy (non-hydrogen) atoms. The van der Waals surface area contributed by atoms with Crippen LogP contribution in [0.25, 0.3) is 0 Å². The van der Waals surface area contributed by atoms with Gasteiger partial charge < -0.3 is 10.0 Å². The largest absolute Gasteiger partial charge is 0.478 e. The lowest BCUT2D eigenvalue weighted by molar-refractivity contribution is 0.0697. The van der Waals surface area contributed by atoms with Gasteiger partial charge in [0.25, 0.3) is 0 Å². The van der Waals surface area contributed by atoms with E-state index in [-0.39, 0.29) is 0 Å². The van der Waals surface area contributed by atoms with Crippen LogP contribution in [0.2, 0.25) is 0 Å². The van der Waals surface area contributed by atoms with Crippen LogP contribution in [0.5, 0.6) is 0 Å². The number of carbonyl (C=O) groups is 1. The second-order valence-electron chi connectivity index (χ2n) is 6.28. The number of halogens is 1. The maximum absolute atomic E-state index is 11.4. The molecule has 1 aromatic rings. The zero-order valence-electron chi connectivity index (χ0n) is 11.7.